The number of pyridine rings is 1. The average molecular weight is 304 g/mol. The molecule has 0 fully saturated rings. The maximum Gasteiger partial charge on any atom is 0.397 e. The summed E-state index contributed by atoms with van der Waals surface area (Å²) in [6, 6.07) is 1.55. The SMILES string of the molecule is CC1(C(F)(F)F)C=C(c2ccnc(Cl)c2CO)C=CC1. The minimum atomic E-state index is -4.33. The molecule has 1 heterocycles. The van der Waals surface area contributed by atoms with Gasteiger partial charge < -0.3 is 5.11 Å². The number of aliphatic hydroxyl groups excluding tert-OH is 1. The van der Waals surface area contributed by atoms with Crippen molar-refractivity contribution in [1.82, 2.24) is 4.98 Å². The zero-order valence-corrected chi connectivity index (χ0v) is 11.5. The second-order valence-electron chi connectivity index (χ2n) is 4.91. The first-order valence-corrected chi connectivity index (χ1v) is 6.37. The molecule has 0 amide bonds. The van der Waals surface area contributed by atoms with E-state index in [4.69, 9.17) is 11.6 Å². The average Bonchev–Trinajstić information content (AvgIpc) is 2.37. The lowest BCUT2D eigenvalue weighted by molar-refractivity contribution is -0.198. The lowest BCUT2D eigenvalue weighted by Crippen LogP contribution is -2.34. The summed E-state index contributed by atoms with van der Waals surface area (Å²) in [5.74, 6) is 0. The Balaban J connectivity index is 2.53. The number of rotatable bonds is 2. The van der Waals surface area contributed by atoms with Gasteiger partial charge in [0.25, 0.3) is 0 Å². The predicted octanol–water partition coefficient (Wildman–Crippen LogP) is 4.14. The van der Waals surface area contributed by atoms with Crippen molar-refractivity contribution in [2.45, 2.75) is 26.1 Å². The number of hydrogen-bond acceptors (Lipinski definition) is 2. The van der Waals surface area contributed by atoms with E-state index < -0.39 is 11.6 Å². The zero-order valence-electron chi connectivity index (χ0n) is 10.7. The van der Waals surface area contributed by atoms with Crippen LogP contribution in [0, 0.1) is 5.41 Å². The smallest absolute Gasteiger partial charge is 0.392 e. The van der Waals surface area contributed by atoms with E-state index in [-0.39, 0.29) is 18.2 Å². The topological polar surface area (TPSA) is 33.1 Å². The second kappa shape index (κ2) is 5.22. The number of aliphatic hydroxyl groups is 1. The van der Waals surface area contributed by atoms with Crippen LogP contribution in [0.15, 0.2) is 30.5 Å². The Bertz CT molecular complexity index is 580. The molecule has 0 aliphatic heterocycles. The molecule has 1 atom stereocenters. The Hall–Kier alpha value is -1.33. The molecule has 0 saturated carbocycles. The first kappa shape index (κ1) is 15.1. The van der Waals surface area contributed by atoms with E-state index in [9.17, 15) is 18.3 Å². The van der Waals surface area contributed by atoms with Crippen molar-refractivity contribution in [1.29, 1.82) is 0 Å². The minimum Gasteiger partial charge on any atom is -0.392 e. The van der Waals surface area contributed by atoms with Crippen LogP contribution < -0.4 is 0 Å². The van der Waals surface area contributed by atoms with E-state index in [1.165, 1.54) is 18.3 Å². The molecule has 20 heavy (non-hydrogen) atoms. The molecule has 2 nitrogen and oxygen atoms in total. The second-order valence-corrected chi connectivity index (χ2v) is 5.27. The molecule has 6 heteroatoms. The highest BCUT2D eigenvalue weighted by Crippen LogP contribution is 2.46. The number of aromatic nitrogens is 1. The summed E-state index contributed by atoms with van der Waals surface area (Å²) >= 11 is 5.87. The Morgan fingerprint density at radius 2 is 2.15 bits per heavy atom. The molecule has 1 aliphatic carbocycles. The first-order chi connectivity index (χ1) is 9.28. The van der Waals surface area contributed by atoms with Gasteiger partial charge in [-0.3, -0.25) is 0 Å². The summed E-state index contributed by atoms with van der Waals surface area (Å²) in [6.07, 6.45) is 1.24. The number of hydrogen-bond donors (Lipinski definition) is 1. The third kappa shape index (κ3) is 2.60. The van der Waals surface area contributed by atoms with Crippen molar-refractivity contribution in [3.8, 4) is 0 Å². The van der Waals surface area contributed by atoms with Gasteiger partial charge in [-0.15, -0.1) is 0 Å². The van der Waals surface area contributed by atoms with Gasteiger partial charge in [0.1, 0.15) is 5.15 Å². The van der Waals surface area contributed by atoms with Gasteiger partial charge in [-0.25, -0.2) is 4.98 Å². The number of nitrogens with zero attached hydrogens (tertiary/aromatic N) is 1. The van der Waals surface area contributed by atoms with E-state index in [0.717, 1.165) is 6.92 Å². The summed E-state index contributed by atoms with van der Waals surface area (Å²) in [5.41, 5.74) is -0.723. The van der Waals surface area contributed by atoms with Crippen molar-refractivity contribution in [2.24, 2.45) is 5.41 Å². The highest BCUT2D eigenvalue weighted by atomic mass is 35.5. The summed E-state index contributed by atoms with van der Waals surface area (Å²) < 4.78 is 39.3. The number of alkyl halides is 3. The fourth-order valence-electron chi connectivity index (χ4n) is 2.13. The van der Waals surface area contributed by atoms with Crippen molar-refractivity contribution >= 4 is 17.2 Å². The largest absolute Gasteiger partial charge is 0.397 e. The molecule has 0 radical (unpaired) electrons. The molecular formula is C14H13ClF3NO. The Kier molecular flexibility index (Phi) is 3.93. The molecule has 2 rings (SSSR count). The lowest BCUT2D eigenvalue weighted by atomic mass is 9.79. The predicted molar refractivity (Wildman–Crippen MR) is 71.1 cm³/mol. The van der Waals surface area contributed by atoms with Crippen molar-refractivity contribution in [3.63, 3.8) is 0 Å². The quantitative estimate of drug-likeness (QED) is 0.833. The van der Waals surface area contributed by atoms with Crippen LogP contribution in [0.2, 0.25) is 5.15 Å². The molecule has 0 bridgehead atoms. The highest BCUT2D eigenvalue weighted by molar-refractivity contribution is 6.30. The summed E-state index contributed by atoms with van der Waals surface area (Å²) in [6.45, 7) is 0.772. The van der Waals surface area contributed by atoms with Crippen LogP contribution in [-0.4, -0.2) is 16.3 Å². The fourth-order valence-corrected chi connectivity index (χ4v) is 2.35. The van der Waals surface area contributed by atoms with Gasteiger partial charge in [-0.1, -0.05) is 29.8 Å². The molecule has 0 aromatic carbocycles. The van der Waals surface area contributed by atoms with Gasteiger partial charge >= 0.3 is 6.18 Å². The Labute approximate surface area is 119 Å². The normalized spacial score (nSPS) is 22.8. The lowest BCUT2D eigenvalue weighted by Gasteiger charge is -2.31. The van der Waals surface area contributed by atoms with Crippen LogP contribution >= 0.6 is 11.6 Å². The van der Waals surface area contributed by atoms with Gasteiger partial charge in [0.2, 0.25) is 0 Å². The molecule has 1 unspecified atom stereocenters. The van der Waals surface area contributed by atoms with Crippen LogP contribution in [0.1, 0.15) is 24.5 Å². The third-order valence-electron chi connectivity index (χ3n) is 3.43. The molecular weight excluding hydrogens is 291 g/mol. The molecule has 108 valence electrons. The van der Waals surface area contributed by atoms with Gasteiger partial charge in [-0.2, -0.15) is 13.2 Å². The van der Waals surface area contributed by atoms with Crippen molar-refractivity contribution < 1.29 is 18.3 Å². The van der Waals surface area contributed by atoms with Crippen LogP contribution in [0.25, 0.3) is 5.57 Å². The molecule has 1 N–H and O–H groups in total. The summed E-state index contributed by atoms with van der Waals surface area (Å²) in [4.78, 5) is 3.82. The number of halogens is 4. The van der Waals surface area contributed by atoms with Crippen LogP contribution in [0.5, 0.6) is 0 Å². The standard InChI is InChI=1S/C14H13ClF3NO/c1-13(14(16,17)18)5-2-3-9(7-13)10-4-6-19-12(15)11(10)8-20/h2-4,6-7,20H,5,8H2,1H3. The molecule has 1 aliphatic rings. The van der Waals surface area contributed by atoms with E-state index >= 15 is 0 Å². The van der Waals surface area contributed by atoms with Crippen molar-refractivity contribution in [3.05, 3.63) is 46.8 Å². The Morgan fingerprint density at radius 3 is 2.75 bits per heavy atom. The zero-order chi connectivity index (χ0) is 15.0. The summed E-state index contributed by atoms with van der Waals surface area (Å²) in [5, 5.41) is 9.42. The maximum absolute atomic E-state index is 13.1. The first-order valence-electron chi connectivity index (χ1n) is 5.99. The molecule has 1 aromatic rings. The van der Waals surface area contributed by atoms with E-state index in [0.29, 0.717) is 16.7 Å². The van der Waals surface area contributed by atoms with Gasteiger partial charge in [-0.05, 0) is 30.5 Å². The third-order valence-corrected chi connectivity index (χ3v) is 3.76. The van der Waals surface area contributed by atoms with Crippen molar-refractivity contribution in [2.75, 3.05) is 0 Å². The van der Waals surface area contributed by atoms with Gasteiger partial charge in [0.05, 0.1) is 12.0 Å². The van der Waals surface area contributed by atoms with Crippen LogP contribution in [-0.2, 0) is 6.61 Å². The van der Waals surface area contributed by atoms with E-state index in [1.54, 1.807) is 12.1 Å². The van der Waals surface area contributed by atoms with Gasteiger partial charge in [0.15, 0.2) is 0 Å². The molecule has 0 spiro atoms. The fraction of sp³-hybridized carbons (Fsp3) is 0.357. The highest BCUT2D eigenvalue weighted by Gasteiger charge is 2.49. The molecule has 1 aromatic heterocycles. The van der Waals surface area contributed by atoms with Crippen LogP contribution in [0.3, 0.4) is 0 Å². The van der Waals surface area contributed by atoms with Gasteiger partial charge in [0, 0.05) is 11.8 Å². The Morgan fingerprint density at radius 1 is 1.45 bits per heavy atom. The molecule has 0 saturated heterocycles. The van der Waals surface area contributed by atoms with Crippen LogP contribution in [0.4, 0.5) is 13.2 Å². The van der Waals surface area contributed by atoms with E-state index in [2.05, 4.69) is 4.98 Å². The monoisotopic (exact) mass is 303 g/mol. The summed E-state index contributed by atoms with van der Waals surface area (Å²) in [7, 11) is 0. The maximum atomic E-state index is 13.1. The number of allylic oxidation sites excluding steroid dienone is 4. The van der Waals surface area contributed by atoms with E-state index in [1.807, 2.05) is 0 Å². The minimum absolute atomic E-state index is 0.0959.